The summed E-state index contributed by atoms with van der Waals surface area (Å²) >= 11 is 0. The van der Waals surface area contributed by atoms with Gasteiger partial charge in [0.05, 0.1) is 35.2 Å². The largest absolute Gasteiger partial charge is 0.465 e. The summed E-state index contributed by atoms with van der Waals surface area (Å²) in [4.78, 5) is 24.8. The van der Waals surface area contributed by atoms with Gasteiger partial charge in [-0.3, -0.25) is 4.79 Å². The van der Waals surface area contributed by atoms with Gasteiger partial charge in [-0.05, 0) is 54.6 Å². The van der Waals surface area contributed by atoms with Crippen LogP contribution in [0.5, 0.6) is 0 Å². The summed E-state index contributed by atoms with van der Waals surface area (Å²) in [7, 11) is 1.30. The van der Waals surface area contributed by atoms with Gasteiger partial charge in [0.2, 0.25) is 9.76 Å². The van der Waals surface area contributed by atoms with Gasteiger partial charge < -0.3 is 20.2 Å². The van der Waals surface area contributed by atoms with Gasteiger partial charge in [-0.2, -0.15) is 0 Å². The molecule has 0 saturated carbocycles. The van der Waals surface area contributed by atoms with Crippen molar-refractivity contribution in [1.29, 1.82) is 0 Å². The van der Waals surface area contributed by atoms with E-state index in [0.29, 0.717) is 11.1 Å². The number of nitrogens with one attached hydrogen (secondary N) is 1. The minimum atomic E-state index is -1.88. The van der Waals surface area contributed by atoms with Crippen LogP contribution in [-0.2, 0) is 14.8 Å². The zero-order valence-corrected chi connectivity index (χ0v) is 24.2. The Balaban J connectivity index is 1.98. The Kier molecular flexibility index (Phi) is 8.80. The maximum Gasteiger partial charge on any atom is 0.340 e. The van der Waals surface area contributed by atoms with Crippen LogP contribution in [-0.4, -0.2) is 28.7 Å². The molecule has 6 nitrogen and oxygen atoms in total. The molecule has 0 heterocycles. The number of halogens is 4. The number of ether oxygens (including phenoxy) is 1. The molecule has 3 aromatic carbocycles. The van der Waals surface area contributed by atoms with Crippen LogP contribution >= 0.6 is 0 Å². The summed E-state index contributed by atoms with van der Waals surface area (Å²) in [6.45, 7) is 11.3. The monoisotopic (exact) mass is 574 g/mol. The van der Waals surface area contributed by atoms with Crippen LogP contribution in [0, 0.1) is 30.2 Å². The highest BCUT2D eigenvalue weighted by Crippen LogP contribution is 2.35. The van der Waals surface area contributed by atoms with Gasteiger partial charge in [0.15, 0.2) is 23.3 Å². The summed E-state index contributed by atoms with van der Waals surface area (Å²) in [6, 6.07) is 8.46. The van der Waals surface area contributed by atoms with Gasteiger partial charge >= 0.3 is 5.97 Å². The minimum absolute atomic E-state index is 0.0682. The van der Waals surface area contributed by atoms with E-state index in [1.54, 1.807) is 19.1 Å². The first-order valence-corrected chi connectivity index (χ1v) is 13.1. The highest BCUT2D eigenvalue weighted by Gasteiger charge is 2.31. The molecule has 0 aromatic heterocycles. The number of amides is 1. The first-order valence-electron chi connectivity index (χ1n) is 12.2. The molecule has 3 rings (SSSR count). The number of benzene rings is 3. The Morgan fingerprint density at radius 1 is 0.900 bits per heavy atom. The van der Waals surface area contributed by atoms with E-state index in [2.05, 4.69) is 10.1 Å². The van der Waals surface area contributed by atoms with Crippen molar-refractivity contribution < 1.29 is 36.3 Å². The number of rotatable bonds is 7. The topological polar surface area (TPSA) is 90.6 Å². The second kappa shape index (κ2) is 11.4. The first-order chi connectivity index (χ1) is 18.5. The van der Waals surface area contributed by atoms with E-state index in [9.17, 15) is 9.59 Å². The lowest BCUT2D eigenvalue weighted by atomic mass is 9.94. The molecule has 1 amide bonds. The zero-order valence-electron chi connectivity index (χ0n) is 23.2. The number of carbonyl (C=O) groups excluding carboxylic acids is 2. The lowest BCUT2D eigenvalue weighted by molar-refractivity contribution is 0.0601. The molecule has 0 aliphatic carbocycles. The van der Waals surface area contributed by atoms with Gasteiger partial charge in [0, 0.05) is 0 Å². The molecule has 3 aromatic rings. The van der Waals surface area contributed by atoms with Crippen molar-refractivity contribution in [2.24, 2.45) is 0 Å². The van der Waals surface area contributed by atoms with E-state index >= 15 is 17.6 Å². The van der Waals surface area contributed by atoms with E-state index in [0.717, 1.165) is 7.11 Å². The molecule has 40 heavy (non-hydrogen) atoms. The van der Waals surface area contributed by atoms with Gasteiger partial charge in [0.25, 0.3) is 5.91 Å². The predicted octanol–water partition coefficient (Wildman–Crippen LogP) is 6.93. The minimum Gasteiger partial charge on any atom is -0.465 e. The molecule has 0 unspecified atom stereocenters. The van der Waals surface area contributed by atoms with Crippen LogP contribution in [0.15, 0.2) is 36.4 Å². The third-order valence-corrected chi connectivity index (χ3v) is 7.17. The number of esters is 1. The summed E-state index contributed by atoms with van der Waals surface area (Å²) < 4.78 is 71.2. The lowest BCUT2D eigenvalue weighted by Gasteiger charge is -2.29. The number of hydrogen-bond donors (Lipinski definition) is 2. The van der Waals surface area contributed by atoms with E-state index in [1.807, 2.05) is 34.6 Å². The second-order valence-corrected chi connectivity index (χ2v) is 12.7. The van der Waals surface area contributed by atoms with Gasteiger partial charge in [-0.1, -0.05) is 45.0 Å². The molecule has 0 aliphatic rings. The fraction of sp³-hybridized carbons (Fsp3) is 0.310. The van der Waals surface area contributed by atoms with Gasteiger partial charge in [0.1, 0.15) is 5.56 Å². The number of aryl methyl sites for hydroxylation is 1. The average Bonchev–Trinajstić information content (AvgIpc) is 2.88. The Hall–Kier alpha value is -3.70. The molecule has 0 bridgehead atoms. The second-order valence-electron chi connectivity index (χ2n) is 10.8. The average molecular weight is 575 g/mol. The summed E-state index contributed by atoms with van der Waals surface area (Å²) in [5.41, 5.74) is 3.20. The van der Waals surface area contributed by atoms with Crippen molar-refractivity contribution in [2.45, 2.75) is 52.2 Å². The molecular formula is C29H30F4N2O4Si. The number of nitrogen functional groups attached to an aromatic ring is 1. The maximum atomic E-state index is 15.2. The molecule has 0 atom stereocenters. The van der Waals surface area contributed by atoms with E-state index in [4.69, 9.17) is 10.2 Å². The van der Waals surface area contributed by atoms with Crippen molar-refractivity contribution in [2.75, 3.05) is 18.2 Å². The summed E-state index contributed by atoms with van der Waals surface area (Å²) in [5, 5.41) is 2.06. The van der Waals surface area contributed by atoms with Gasteiger partial charge in [-0.25, -0.2) is 22.4 Å². The standard InChI is InChI=1S/C29H30F4N2O4Si/c1-14-12-17(27(37)38-7)25(34)18(13-14)35-26(36)20-23(32)21(30)19(22(31)24(20)33)15-8-10-16(11-9-15)29(5,6)39-40-28(2,3)4/h8-13H,34H2,1-7H3,(H,35,36). The molecule has 212 valence electrons. The van der Waals surface area contributed by atoms with E-state index in [1.165, 1.54) is 24.3 Å². The number of hydrogen-bond acceptors (Lipinski definition) is 5. The van der Waals surface area contributed by atoms with Crippen molar-refractivity contribution in [3.8, 4) is 11.1 Å². The molecule has 0 saturated heterocycles. The normalized spacial score (nSPS) is 11.9. The third-order valence-electron chi connectivity index (χ3n) is 5.95. The maximum absolute atomic E-state index is 15.2. The molecule has 0 fully saturated rings. The quantitative estimate of drug-likeness (QED) is 0.105. The number of anilines is 2. The third kappa shape index (κ3) is 6.36. The summed E-state index contributed by atoms with van der Waals surface area (Å²) in [6.07, 6.45) is 0. The van der Waals surface area contributed by atoms with E-state index in [-0.39, 0.29) is 37.3 Å². The van der Waals surface area contributed by atoms with Gasteiger partial charge in [-0.15, -0.1) is 0 Å². The molecule has 11 heteroatoms. The van der Waals surface area contributed by atoms with Crippen molar-refractivity contribution >= 4 is 33.0 Å². The van der Waals surface area contributed by atoms with Crippen LogP contribution < -0.4 is 11.1 Å². The molecule has 3 N–H and O–H groups in total. The highest BCUT2D eigenvalue weighted by molar-refractivity contribution is 6.31. The van der Waals surface area contributed by atoms with Crippen LogP contribution in [0.2, 0.25) is 5.04 Å². The molecule has 0 spiro atoms. The van der Waals surface area contributed by atoms with Crippen molar-refractivity contribution in [3.63, 3.8) is 0 Å². The Morgan fingerprint density at radius 3 is 1.95 bits per heavy atom. The molecule has 0 aliphatic heterocycles. The van der Waals surface area contributed by atoms with Crippen molar-refractivity contribution in [1.82, 2.24) is 0 Å². The fourth-order valence-corrected chi connectivity index (χ4v) is 4.51. The number of carbonyl (C=O) groups is 2. The lowest BCUT2D eigenvalue weighted by Crippen LogP contribution is -2.27. The van der Waals surface area contributed by atoms with Crippen LogP contribution in [0.25, 0.3) is 11.1 Å². The SMILES string of the molecule is COC(=O)c1cc(C)cc(NC(=O)c2c(F)c(F)c(-c3ccc(C(C)(C)O[Si]C(C)(C)C)cc3)c(F)c2F)c1N. The molecule has 2 radical (unpaired) electrons. The van der Waals surface area contributed by atoms with E-state index < -0.39 is 51.9 Å². The smallest absolute Gasteiger partial charge is 0.340 e. The number of nitrogens with two attached hydrogens (primary N) is 1. The molecular weight excluding hydrogens is 544 g/mol. The zero-order chi connectivity index (χ0) is 30.2. The summed E-state index contributed by atoms with van der Waals surface area (Å²) in [5.74, 6) is -9.56. The fourth-order valence-electron chi connectivity index (χ4n) is 3.83. The first kappa shape index (κ1) is 30.8. The van der Waals surface area contributed by atoms with Crippen LogP contribution in [0.3, 0.4) is 0 Å². The highest BCUT2D eigenvalue weighted by atomic mass is 28.2. The number of methoxy groups -OCH3 is 1. The Bertz CT molecular complexity index is 1440. The van der Waals surface area contributed by atoms with Crippen LogP contribution in [0.4, 0.5) is 28.9 Å². The van der Waals surface area contributed by atoms with Crippen molar-refractivity contribution in [3.05, 3.63) is 81.9 Å². The Morgan fingerprint density at radius 2 is 1.45 bits per heavy atom. The Labute approximate surface area is 232 Å². The predicted molar refractivity (Wildman–Crippen MR) is 146 cm³/mol. The van der Waals surface area contributed by atoms with Crippen LogP contribution in [0.1, 0.15) is 66.5 Å².